The molecule has 70 valence electrons. The Bertz CT molecular complexity index is 151. The Labute approximate surface area is 76.3 Å². The minimum atomic E-state index is 0.619. The maximum Gasteiger partial charge on any atom is 0.0523 e. The largest absolute Gasteiger partial charge is 0.294 e. The monoisotopic (exact) mass is 167 g/mol. The maximum atomic E-state index is 4.61. The van der Waals surface area contributed by atoms with Crippen LogP contribution in [0.1, 0.15) is 46.5 Å². The van der Waals surface area contributed by atoms with Gasteiger partial charge in [0.2, 0.25) is 0 Å². The van der Waals surface area contributed by atoms with Gasteiger partial charge in [0.05, 0.1) is 6.04 Å². The number of aliphatic imine (C=N–C) groups is 1. The van der Waals surface area contributed by atoms with E-state index in [1.165, 1.54) is 19.3 Å². The van der Waals surface area contributed by atoms with E-state index >= 15 is 0 Å². The average Bonchev–Trinajstić information content (AvgIpc) is 2.08. The zero-order valence-corrected chi connectivity index (χ0v) is 8.59. The van der Waals surface area contributed by atoms with Gasteiger partial charge in [-0.3, -0.25) is 4.99 Å². The summed E-state index contributed by atoms with van der Waals surface area (Å²) in [6.45, 7) is 6.86. The van der Waals surface area contributed by atoms with Crippen molar-refractivity contribution < 1.29 is 0 Å². The molecule has 1 saturated carbocycles. The zero-order chi connectivity index (χ0) is 8.97. The lowest BCUT2D eigenvalue weighted by molar-refractivity contribution is 0.242. The lowest BCUT2D eigenvalue weighted by atomic mass is 9.78. The second kappa shape index (κ2) is 4.64. The lowest BCUT2D eigenvalue weighted by Crippen LogP contribution is -2.27. The highest BCUT2D eigenvalue weighted by Crippen LogP contribution is 2.31. The van der Waals surface area contributed by atoms with Crippen LogP contribution in [-0.4, -0.2) is 12.3 Å². The second-order valence-corrected chi connectivity index (χ2v) is 4.07. The molecular weight excluding hydrogens is 146 g/mol. The molecule has 0 saturated heterocycles. The summed E-state index contributed by atoms with van der Waals surface area (Å²) in [4.78, 5) is 4.61. The Morgan fingerprint density at radius 1 is 1.33 bits per heavy atom. The van der Waals surface area contributed by atoms with Crippen molar-refractivity contribution >= 4 is 6.21 Å². The molecule has 2 unspecified atom stereocenters. The lowest BCUT2D eigenvalue weighted by Gasteiger charge is -2.31. The van der Waals surface area contributed by atoms with E-state index in [1.54, 1.807) is 0 Å². The molecule has 0 aromatic heterocycles. The fraction of sp³-hybridized carbons (Fsp3) is 0.909. The molecule has 1 rings (SSSR count). The Hall–Kier alpha value is -0.330. The summed E-state index contributed by atoms with van der Waals surface area (Å²) in [7, 11) is 0. The van der Waals surface area contributed by atoms with Gasteiger partial charge in [-0.1, -0.05) is 33.6 Å². The quantitative estimate of drug-likeness (QED) is 0.560. The van der Waals surface area contributed by atoms with Crippen LogP contribution < -0.4 is 0 Å². The molecule has 12 heavy (non-hydrogen) atoms. The Morgan fingerprint density at radius 2 is 2.08 bits per heavy atom. The Balaban J connectivity index is 2.46. The highest BCUT2D eigenvalue weighted by Gasteiger charge is 2.25. The minimum Gasteiger partial charge on any atom is -0.294 e. The van der Waals surface area contributed by atoms with Crippen molar-refractivity contribution in [3.05, 3.63) is 0 Å². The number of hydrogen-bond donors (Lipinski definition) is 0. The average molecular weight is 167 g/mol. The molecule has 1 heteroatoms. The standard InChI is InChI=1S/C11H21N/c1-4-8-12-11-7-5-6-9(2)10(11)3/h8-11H,4-7H2,1-3H3/t9-,10?,11?/m0/s1. The number of hydrogen-bond acceptors (Lipinski definition) is 1. The highest BCUT2D eigenvalue weighted by molar-refractivity contribution is 5.56. The number of rotatable bonds is 2. The van der Waals surface area contributed by atoms with Crippen LogP contribution in [0.4, 0.5) is 0 Å². The van der Waals surface area contributed by atoms with Crippen molar-refractivity contribution in [1.82, 2.24) is 0 Å². The third-order valence-electron chi connectivity index (χ3n) is 3.14. The van der Waals surface area contributed by atoms with Crippen LogP contribution in [0.2, 0.25) is 0 Å². The van der Waals surface area contributed by atoms with Crippen LogP contribution in [-0.2, 0) is 0 Å². The van der Waals surface area contributed by atoms with Crippen LogP contribution in [0.3, 0.4) is 0 Å². The summed E-state index contributed by atoms with van der Waals surface area (Å²) in [5.74, 6) is 1.67. The molecule has 0 bridgehead atoms. The summed E-state index contributed by atoms with van der Waals surface area (Å²) in [6.07, 6.45) is 7.25. The zero-order valence-electron chi connectivity index (χ0n) is 8.59. The molecule has 0 N–H and O–H groups in total. The SMILES string of the molecule is CCC=NC1CCC[C@H](C)C1C. The maximum absolute atomic E-state index is 4.61. The van der Waals surface area contributed by atoms with Gasteiger partial charge in [0.1, 0.15) is 0 Å². The summed E-state index contributed by atoms with van der Waals surface area (Å²) in [5, 5.41) is 0. The van der Waals surface area contributed by atoms with Gasteiger partial charge >= 0.3 is 0 Å². The normalized spacial score (nSPS) is 37.4. The van der Waals surface area contributed by atoms with Gasteiger partial charge in [-0.15, -0.1) is 0 Å². The van der Waals surface area contributed by atoms with E-state index < -0.39 is 0 Å². The van der Waals surface area contributed by atoms with Crippen molar-refractivity contribution in [3.8, 4) is 0 Å². The van der Waals surface area contributed by atoms with Crippen LogP contribution >= 0.6 is 0 Å². The predicted octanol–water partition coefficient (Wildman–Crippen LogP) is 3.29. The van der Waals surface area contributed by atoms with Crippen LogP contribution in [0.5, 0.6) is 0 Å². The number of nitrogens with zero attached hydrogens (tertiary/aromatic N) is 1. The van der Waals surface area contributed by atoms with E-state index in [0.29, 0.717) is 6.04 Å². The van der Waals surface area contributed by atoms with Crippen LogP contribution in [0, 0.1) is 11.8 Å². The van der Waals surface area contributed by atoms with Gasteiger partial charge in [-0.2, -0.15) is 0 Å². The van der Waals surface area contributed by atoms with Crippen molar-refractivity contribution in [1.29, 1.82) is 0 Å². The Morgan fingerprint density at radius 3 is 2.75 bits per heavy atom. The van der Waals surface area contributed by atoms with Crippen LogP contribution in [0.15, 0.2) is 4.99 Å². The van der Waals surface area contributed by atoms with Crippen molar-refractivity contribution in [2.75, 3.05) is 0 Å². The van der Waals surface area contributed by atoms with Crippen molar-refractivity contribution in [2.45, 2.75) is 52.5 Å². The molecule has 0 radical (unpaired) electrons. The fourth-order valence-corrected chi connectivity index (χ4v) is 2.01. The summed E-state index contributed by atoms with van der Waals surface area (Å²) in [6, 6.07) is 0.619. The van der Waals surface area contributed by atoms with E-state index in [1.807, 2.05) is 0 Å². The summed E-state index contributed by atoms with van der Waals surface area (Å²) in [5.41, 5.74) is 0. The fourth-order valence-electron chi connectivity index (χ4n) is 2.01. The molecule has 0 aromatic carbocycles. The summed E-state index contributed by atoms with van der Waals surface area (Å²) >= 11 is 0. The third-order valence-corrected chi connectivity index (χ3v) is 3.14. The molecule has 3 atom stereocenters. The van der Waals surface area contributed by atoms with Gasteiger partial charge in [0.25, 0.3) is 0 Å². The molecular formula is C11H21N. The first-order valence-electron chi connectivity index (χ1n) is 5.27. The first-order valence-corrected chi connectivity index (χ1v) is 5.27. The van der Waals surface area contributed by atoms with Gasteiger partial charge in [-0.25, -0.2) is 0 Å². The molecule has 0 aliphatic heterocycles. The van der Waals surface area contributed by atoms with E-state index in [0.717, 1.165) is 18.3 Å². The molecule has 0 spiro atoms. The van der Waals surface area contributed by atoms with E-state index in [2.05, 4.69) is 32.0 Å². The minimum absolute atomic E-state index is 0.619. The van der Waals surface area contributed by atoms with E-state index in [9.17, 15) is 0 Å². The van der Waals surface area contributed by atoms with Crippen molar-refractivity contribution in [2.24, 2.45) is 16.8 Å². The molecule has 0 heterocycles. The smallest absolute Gasteiger partial charge is 0.0523 e. The molecule has 1 nitrogen and oxygen atoms in total. The molecule has 0 amide bonds. The van der Waals surface area contributed by atoms with Gasteiger partial charge < -0.3 is 0 Å². The van der Waals surface area contributed by atoms with Crippen molar-refractivity contribution in [3.63, 3.8) is 0 Å². The first-order chi connectivity index (χ1) is 5.75. The molecule has 1 aliphatic rings. The molecule has 1 aliphatic carbocycles. The highest BCUT2D eigenvalue weighted by atomic mass is 14.8. The van der Waals surface area contributed by atoms with E-state index in [-0.39, 0.29) is 0 Å². The van der Waals surface area contributed by atoms with Gasteiger partial charge in [0.15, 0.2) is 0 Å². The predicted molar refractivity (Wildman–Crippen MR) is 54.8 cm³/mol. The van der Waals surface area contributed by atoms with Gasteiger partial charge in [-0.05, 0) is 30.9 Å². The first kappa shape index (κ1) is 9.76. The second-order valence-electron chi connectivity index (χ2n) is 4.07. The van der Waals surface area contributed by atoms with Gasteiger partial charge in [0, 0.05) is 0 Å². The summed E-state index contributed by atoms with van der Waals surface area (Å²) < 4.78 is 0. The molecule has 1 fully saturated rings. The third kappa shape index (κ3) is 2.33. The molecule has 0 aromatic rings. The Kier molecular flexibility index (Phi) is 3.77. The topological polar surface area (TPSA) is 12.4 Å². The van der Waals surface area contributed by atoms with E-state index in [4.69, 9.17) is 0 Å². The van der Waals surface area contributed by atoms with Crippen LogP contribution in [0.25, 0.3) is 0 Å².